The minimum atomic E-state index is -0.0667. The second kappa shape index (κ2) is 4.88. The molecule has 0 aliphatic heterocycles. The van der Waals surface area contributed by atoms with Crippen molar-refractivity contribution in [3.05, 3.63) is 42.7 Å². The van der Waals surface area contributed by atoms with E-state index in [1.807, 2.05) is 12.1 Å². The number of aromatic nitrogens is 1. The van der Waals surface area contributed by atoms with E-state index in [-0.39, 0.29) is 18.4 Å². The van der Waals surface area contributed by atoms with Gasteiger partial charge < -0.3 is 5.73 Å². The molecule has 2 nitrogen and oxygen atoms in total. The summed E-state index contributed by atoms with van der Waals surface area (Å²) in [5.74, 6) is 0. The van der Waals surface area contributed by atoms with Crippen molar-refractivity contribution in [1.29, 1.82) is 0 Å². The fourth-order valence-electron chi connectivity index (χ4n) is 0.722. The molecule has 0 bridgehead atoms. The van der Waals surface area contributed by atoms with Gasteiger partial charge >= 0.3 is 0 Å². The molecule has 0 spiro atoms. The molecule has 1 heterocycles. The van der Waals surface area contributed by atoms with Gasteiger partial charge in [-0.3, -0.25) is 4.98 Å². The standard InChI is InChI=1S/C8H10N2.ClH/c1-2-8(9)7-3-5-10-6-4-7;/h2-6,8H,1,9H2;1H/t8-;/m1./s1. The molecular weight excluding hydrogens is 160 g/mol. The van der Waals surface area contributed by atoms with E-state index < -0.39 is 0 Å². The molecule has 60 valence electrons. The van der Waals surface area contributed by atoms with Gasteiger partial charge in [0.25, 0.3) is 0 Å². The van der Waals surface area contributed by atoms with E-state index in [2.05, 4.69) is 11.6 Å². The molecule has 11 heavy (non-hydrogen) atoms. The average Bonchev–Trinajstić information content (AvgIpc) is 2.05. The highest BCUT2D eigenvalue weighted by atomic mass is 35.5. The van der Waals surface area contributed by atoms with Gasteiger partial charge in [0, 0.05) is 18.4 Å². The topological polar surface area (TPSA) is 38.9 Å². The second-order valence-corrected chi connectivity index (χ2v) is 2.04. The summed E-state index contributed by atoms with van der Waals surface area (Å²) in [6.45, 7) is 3.59. The van der Waals surface area contributed by atoms with Gasteiger partial charge in [-0.05, 0) is 17.7 Å². The van der Waals surface area contributed by atoms with Gasteiger partial charge in [0.2, 0.25) is 0 Å². The van der Waals surface area contributed by atoms with Crippen molar-refractivity contribution in [2.24, 2.45) is 5.73 Å². The summed E-state index contributed by atoms with van der Waals surface area (Å²) < 4.78 is 0. The number of hydrogen-bond acceptors (Lipinski definition) is 2. The van der Waals surface area contributed by atoms with Gasteiger partial charge in [-0.15, -0.1) is 19.0 Å². The number of halogens is 1. The quantitative estimate of drug-likeness (QED) is 0.687. The Morgan fingerprint density at radius 3 is 2.45 bits per heavy atom. The minimum Gasteiger partial charge on any atom is -0.321 e. The predicted molar refractivity (Wildman–Crippen MR) is 48.6 cm³/mol. The Morgan fingerprint density at radius 2 is 2.00 bits per heavy atom. The normalized spacial score (nSPS) is 11.4. The lowest BCUT2D eigenvalue weighted by atomic mass is 10.1. The highest BCUT2D eigenvalue weighted by molar-refractivity contribution is 5.85. The van der Waals surface area contributed by atoms with E-state index in [0.29, 0.717) is 0 Å². The number of pyridine rings is 1. The van der Waals surface area contributed by atoms with E-state index in [1.54, 1.807) is 18.5 Å². The Balaban J connectivity index is 0.000001000. The fourth-order valence-corrected chi connectivity index (χ4v) is 0.722. The minimum absolute atomic E-state index is 0. The zero-order valence-electron chi connectivity index (χ0n) is 6.10. The average molecular weight is 171 g/mol. The smallest absolute Gasteiger partial charge is 0.0479 e. The lowest BCUT2D eigenvalue weighted by Gasteiger charge is -2.03. The summed E-state index contributed by atoms with van der Waals surface area (Å²) >= 11 is 0. The lowest BCUT2D eigenvalue weighted by molar-refractivity contribution is 0.910. The van der Waals surface area contributed by atoms with E-state index >= 15 is 0 Å². The van der Waals surface area contributed by atoms with Gasteiger partial charge in [0.15, 0.2) is 0 Å². The van der Waals surface area contributed by atoms with Crippen LogP contribution in [0.1, 0.15) is 11.6 Å². The van der Waals surface area contributed by atoms with Crippen LogP contribution in [0.2, 0.25) is 0 Å². The summed E-state index contributed by atoms with van der Waals surface area (Å²) in [5.41, 5.74) is 6.69. The van der Waals surface area contributed by atoms with Crippen LogP contribution >= 0.6 is 12.4 Å². The van der Waals surface area contributed by atoms with Gasteiger partial charge in [-0.1, -0.05) is 6.08 Å². The van der Waals surface area contributed by atoms with E-state index in [1.165, 1.54) is 0 Å². The molecule has 0 unspecified atom stereocenters. The molecule has 0 fully saturated rings. The molecule has 0 amide bonds. The third kappa shape index (κ3) is 2.70. The third-order valence-electron chi connectivity index (χ3n) is 1.34. The van der Waals surface area contributed by atoms with Gasteiger partial charge in [0.1, 0.15) is 0 Å². The Bertz CT molecular complexity index is 211. The maximum absolute atomic E-state index is 5.65. The summed E-state index contributed by atoms with van der Waals surface area (Å²) in [6.07, 6.45) is 5.15. The van der Waals surface area contributed by atoms with E-state index in [0.717, 1.165) is 5.56 Å². The van der Waals surface area contributed by atoms with Crippen LogP contribution in [0.15, 0.2) is 37.2 Å². The van der Waals surface area contributed by atoms with E-state index in [9.17, 15) is 0 Å². The SMILES string of the molecule is C=C[C@@H](N)c1ccncc1.Cl. The van der Waals surface area contributed by atoms with E-state index in [4.69, 9.17) is 5.73 Å². The number of nitrogens with two attached hydrogens (primary N) is 1. The maximum atomic E-state index is 5.65. The molecule has 0 aliphatic rings. The van der Waals surface area contributed by atoms with Crippen LogP contribution in [0.5, 0.6) is 0 Å². The predicted octanol–water partition coefficient (Wildman–Crippen LogP) is 1.69. The number of rotatable bonds is 2. The second-order valence-electron chi connectivity index (χ2n) is 2.04. The van der Waals surface area contributed by atoms with Crippen LogP contribution in [0, 0.1) is 0 Å². The molecule has 3 heteroatoms. The van der Waals surface area contributed by atoms with Crippen LogP contribution in [0.25, 0.3) is 0 Å². The molecule has 1 aromatic rings. The summed E-state index contributed by atoms with van der Waals surface area (Å²) in [6, 6.07) is 3.70. The highest BCUT2D eigenvalue weighted by Crippen LogP contribution is 2.07. The van der Waals surface area contributed by atoms with Gasteiger partial charge in [-0.25, -0.2) is 0 Å². The maximum Gasteiger partial charge on any atom is 0.0479 e. The first kappa shape index (κ1) is 10.1. The Kier molecular flexibility index (Phi) is 4.50. The van der Waals surface area contributed by atoms with Crippen LogP contribution in [-0.2, 0) is 0 Å². The summed E-state index contributed by atoms with van der Waals surface area (Å²) in [5, 5.41) is 0. The van der Waals surface area contributed by atoms with Crippen molar-refractivity contribution in [3.8, 4) is 0 Å². The van der Waals surface area contributed by atoms with Crippen LogP contribution in [0.3, 0.4) is 0 Å². The molecule has 1 aromatic heterocycles. The summed E-state index contributed by atoms with van der Waals surface area (Å²) in [4.78, 5) is 3.87. The van der Waals surface area contributed by atoms with Crippen LogP contribution in [-0.4, -0.2) is 4.98 Å². The van der Waals surface area contributed by atoms with Crippen molar-refractivity contribution >= 4 is 12.4 Å². The monoisotopic (exact) mass is 170 g/mol. The fraction of sp³-hybridized carbons (Fsp3) is 0.125. The van der Waals surface area contributed by atoms with Crippen LogP contribution < -0.4 is 5.73 Å². The molecule has 0 saturated heterocycles. The highest BCUT2D eigenvalue weighted by Gasteiger charge is 1.96. The molecule has 1 rings (SSSR count). The van der Waals surface area contributed by atoms with Gasteiger partial charge in [-0.2, -0.15) is 0 Å². The third-order valence-corrected chi connectivity index (χ3v) is 1.34. The first-order valence-corrected chi connectivity index (χ1v) is 3.12. The zero-order chi connectivity index (χ0) is 7.40. The summed E-state index contributed by atoms with van der Waals surface area (Å²) in [7, 11) is 0. The Morgan fingerprint density at radius 1 is 1.45 bits per heavy atom. The van der Waals surface area contributed by atoms with Gasteiger partial charge in [0.05, 0.1) is 0 Å². The molecule has 2 N–H and O–H groups in total. The lowest BCUT2D eigenvalue weighted by Crippen LogP contribution is -2.05. The molecule has 1 atom stereocenters. The Labute approximate surface area is 72.5 Å². The van der Waals surface area contributed by atoms with Crippen molar-refractivity contribution < 1.29 is 0 Å². The van der Waals surface area contributed by atoms with Crippen molar-refractivity contribution in [1.82, 2.24) is 4.98 Å². The molecule has 0 aliphatic carbocycles. The molecule has 0 aromatic carbocycles. The molecular formula is C8H11ClN2. The van der Waals surface area contributed by atoms with Crippen molar-refractivity contribution in [2.75, 3.05) is 0 Å². The van der Waals surface area contributed by atoms with Crippen molar-refractivity contribution in [3.63, 3.8) is 0 Å². The largest absolute Gasteiger partial charge is 0.321 e. The molecule has 0 radical (unpaired) electrons. The zero-order valence-corrected chi connectivity index (χ0v) is 6.92. The van der Waals surface area contributed by atoms with Crippen molar-refractivity contribution in [2.45, 2.75) is 6.04 Å². The first-order chi connectivity index (χ1) is 4.84. The Hall–Kier alpha value is -0.860. The molecule has 0 saturated carbocycles. The number of hydrogen-bond donors (Lipinski definition) is 1. The first-order valence-electron chi connectivity index (χ1n) is 3.12. The number of nitrogens with zero attached hydrogens (tertiary/aromatic N) is 1. The van der Waals surface area contributed by atoms with Crippen LogP contribution in [0.4, 0.5) is 0 Å².